The van der Waals surface area contributed by atoms with E-state index in [0.29, 0.717) is 12.0 Å². The Labute approximate surface area is 143 Å². The molecule has 5 heteroatoms. The summed E-state index contributed by atoms with van der Waals surface area (Å²) in [6.07, 6.45) is 2.37. The van der Waals surface area contributed by atoms with Gasteiger partial charge in [-0.25, -0.2) is 0 Å². The van der Waals surface area contributed by atoms with Gasteiger partial charge < -0.3 is 14.0 Å². The maximum atomic E-state index is 5.74. The Morgan fingerprint density at radius 1 is 1.25 bits per heavy atom. The molecular formula is C19H26N2O3. The number of nitrogens with zero attached hydrogens (tertiary/aromatic N) is 2. The zero-order valence-corrected chi connectivity index (χ0v) is 14.7. The number of aryl methyl sites for hydroxylation is 1. The van der Waals surface area contributed by atoms with Crippen LogP contribution in [-0.2, 0) is 17.7 Å². The van der Waals surface area contributed by atoms with Crippen LogP contribution in [0.1, 0.15) is 23.4 Å². The zero-order chi connectivity index (χ0) is 16.9. The Balaban J connectivity index is 1.64. The first-order valence-electron chi connectivity index (χ1n) is 8.48. The molecule has 0 bridgehead atoms. The van der Waals surface area contributed by atoms with Gasteiger partial charge in [-0.3, -0.25) is 4.90 Å². The summed E-state index contributed by atoms with van der Waals surface area (Å²) in [4.78, 5) is 2.45. The van der Waals surface area contributed by atoms with E-state index in [2.05, 4.69) is 22.2 Å². The standard InChI is InChI=1S/C19H26N2O3/c1-14-10-17(20-24-14)13-21-9-8-19(23-3)16(12-21)11-15-4-6-18(22-2)7-5-15/h4-7,10,16,19H,8-9,11-13H2,1-3H3/t16-,19-/m1/s1. The molecule has 2 atom stereocenters. The molecule has 0 aliphatic carbocycles. The van der Waals surface area contributed by atoms with Crippen molar-refractivity contribution in [3.05, 3.63) is 47.3 Å². The van der Waals surface area contributed by atoms with E-state index in [-0.39, 0.29) is 0 Å². The molecule has 1 aliphatic heterocycles. The van der Waals surface area contributed by atoms with Gasteiger partial charge in [-0.2, -0.15) is 0 Å². The minimum atomic E-state index is 0.308. The van der Waals surface area contributed by atoms with Crippen molar-refractivity contribution in [3.63, 3.8) is 0 Å². The second-order valence-corrected chi connectivity index (χ2v) is 6.54. The zero-order valence-electron chi connectivity index (χ0n) is 14.7. The average Bonchev–Trinajstić information content (AvgIpc) is 3.01. The fourth-order valence-electron chi connectivity index (χ4n) is 3.52. The Bertz CT molecular complexity index is 638. The van der Waals surface area contributed by atoms with Gasteiger partial charge in [-0.1, -0.05) is 17.3 Å². The van der Waals surface area contributed by atoms with Gasteiger partial charge in [0.2, 0.25) is 0 Å². The molecule has 1 saturated heterocycles. The molecule has 0 amide bonds. The van der Waals surface area contributed by atoms with Gasteiger partial charge in [0.05, 0.1) is 18.9 Å². The van der Waals surface area contributed by atoms with Gasteiger partial charge in [0, 0.05) is 38.7 Å². The summed E-state index contributed by atoms with van der Waals surface area (Å²) in [5.41, 5.74) is 2.33. The molecule has 1 aromatic carbocycles. The number of ether oxygens (including phenoxy) is 2. The number of methoxy groups -OCH3 is 2. The van der Waals surface area contributed by atoms with Gasteiger partial charge >= 0.3 is 0 Å². The second kappa shape index (κ2) is 7.81. The minimum Gasteiger partial charge on any atom is -0.497 e. The fourth-order valence-corrected chi connectivity index (χ4v) is 3.52. The van der Waals surface area contributed by atoms with Crippen LogP contribution < -0.4 is 4.74 Å². The van der Waals surface area contributed by atoms with E-state index < -0.39 is 0 Å². The van der Waals surface area contributed by atoms with E-state index in [9.17, 15) is 0 Å². The molecule has 0 radical (unpaired) electrons. The van der Waals surface area contributed by atoms with E-state index in [1.54, 1.807) is 7.11 Å². The van der Waals surface area contributed by atoms with Crippen LogP contribution in [0.5, 0.6) is 5.75 Å². The average molecular weight is 330 g/mol. The van der Waals surface area contributed by atoms with Gasteiger partial charge in [-0.05, 0) is 37.5 Å². The van der Waals surface area contributed by atoms with Crippen LogP contribution in [-0.4, -0.2) is 43.5 Å². The molecule has 1 fully saturated rings. The summed E-state index contributed by atoms with van der Waals surface area (Å²) in [7, 11) is 3.52. The summed E-state index contributed by atoms with van der Waals surface area (Å²) >= 11 is 0. The smallest absolute Gasteiger partial charge is 0.133 e. The molecule has 0 N–H and O–H groups in total. The van der Waals surface area contributed by atoms with Crippen molar-refractivity contribution >= 4 is 0 Å². The number of hydrogen-bond acceptors (Lipinski definition) is 5. The number of piperidine rings is 1. The summed E-state index contributed by atoms with van der Waals surface area (Å²) in [6, 6.07) is 10.4. The molecule has 24 heavy (non-hydrogen) atoms. The highest BCUT2D eigenvalue weighted by atomic mass is 16.5. The fraction of sp³-hybridized carbons (Fsp3) is 0.526. The van der Waals surface area contributed by atoms with E-state index in [1.165, 1.54) is 5.56 Å². The molecule has 0 saturated carbocycles. The minimum absolute atomic E-state index is 0.308. The number of rotatable bonds is 6. The molecule has 5 nitrogen and oxygen atoms in total. The molecule has 3 rings (SSSR count). The first kappa shape index (κ1) is 17.0. The molecule has 0 unspecified atom stereocenters. The molecule has 2 heterocycles. The van der Waals surface area contributed by atoms with E-state index in [4.69, 9.17) is 14.0 Å². The van der Waals surface area contributed by atoms with Gasteiger partial charge in [0.15, 0.2) is 0 Å². The van der Waals surface area contributed by atoms with Crippen LogP contribution in [0.25, 0.3) is 0 Å². The number of benzene rings is 1. The maximum absolute atomic E-state index is 5.74. The monoisotopic (exact) mass is 330 g/mol. The Morgan fingerprint density at radius 2 is 2.04 bits per heavy atom. The highest BCUT2D eigenvalue weighted by Crippen LogP contribution is 2.25. The summed E-state index contributed by atoms with van der Waals surface area (Å²) < 4.78 is 16.2. The van der Waals surface area contributed by atoms with Crippen molar-refractivity contribution in [3.8, 4) is 5.75 Å². The lowest BCUT2D eigenvalue weighted by Crippen LogP contribution is -2.44. The molecule has 2 aromatic rings. The number of likely N-dealkylation sites (tertiary alicyclic amines) is 1. The number of hydrogen-bond donors (Lipinski definition) is 0. The molecule has 0 spiro atoms. The van der Waals surface area contributed by atoms with E-state index >= 15 is 0 Å². The van der Waals surface area contributed by atoms with Gasteiger partial charge in [0.1, 0.15) is 11.5 Å². The highest BCUT2D eigenvalue weighted by molar-refractivity contribution is 5.27. The Kier molecular flexibility index (Phi) is 5.53. The van der Waals surface area contributed by atoms with Gasteiger partial charge in [-0.15, -0.1) is 0 Å². The third kappa shape index (κ3) is 4.16. The largest absolute Gasteiger partial charge is 0.497 e. The molecule has 1 aliphatic rings. The van der Waals surface area contributed by atoms with E-state index in [0.717, 1.165) is 49.7 Å². The lowest BCUT2D eigenvalue weighted by Gasteiger charge is -2.37. The maximum Gasteiger partial charge on any atom is 0.133 e. The normalized spacial score (nSPS) is 21.8. The van der Waals surface area contributed by atoms with Crippen molar-refractivity contribution < 1.29 is 14.0 Å². The van der Waals surface area contributed by atoms with Crippen LogP contribution in [0, 0.1) is 12.8 Å². The summed E-state index contributed by atoms with van der Waals surface area (Å²) in [5, 5.41) is 4.12. The third-order valence-corrected chi connectivity index (χ3v) is 4.77. The van der Waals surface area contributed by atoms with Crippen molar-refractivity contribution in [1.29, 1.82) is 0 Å². The van der Waals surface area contributed by atoms with Crippen LogP contribution in [0.3, 0.4) is 0 Å². The SMILES string of the molecule is COc1ccc(C[C@@H]2CN(Cc3cc(C)on3)CC[C@H]2OC)cc1. The molecule has 1 aromatic heterocycles. The molecular weight excluding hydrogens is 304 g/mol. The van der Waals surface area contributed by atoms with Crippen molar-refractivity contribution in [2.75, 3.05) is 27.3 Å². The van der Waals surface area contributed by atoms with Crippen molar-refractivity contribution in [2.24, 2.45) is 5.92 Å². The molecule has 130 valence electrons. The number of aromatic nitrogens is 1. The van der Waals surface area contributed by atoms with Crippen LogP contribution in [0.4, 0.5) is 0 Å². The van der Waals surface area contributed by atoms with Crippen molar-refractivity contribution in [1.82, 2.24) is 10.1 Å². The topological polar surface area (TPSA) is 47.7 Å². The predicted octanol–water partition coefficient (Wildman–Crippen LogP) is 3.07. The summed E-state index contributed by atoms with van der Waals surface area (Å²) in [6.45, 7) is 4.81. The predicted molar refractivity (Wildman–Crippen MR) is 92.1 cm³/mol. The first-order chi connectivity index (χ1) is 11.7. The lowest BCUT2D eigenvalue weighted by molar-refractivity contribution is -0.00896. The van der Waals surface area contributed by atoms with Crippen LogP contribution >= 0.6 is 0 Å². The third-order valence-electron chi connectivity index (χ3n) is 4.77. The second-order valence-electron chi connectivity index (χ2n) is 6.54. The van der Waals surface area contributed by atoms with E-state index in [1.807, 2.05) is 32.2 Å². The Morgan fingerprint density at radius 3 is 2.67 bits per heavy atom. The quantitative estimate of drug-likeness (QED) is 0.814. The summed E-state index contributed by atoms with van der Waals surface area (Å²) in [5.74, 6) is 2.24. The van der Waals surface area contributed by atoms with Crippen LogP contribution in [0.15, 0.2) is 34.9 Å². The Hall–Kier alpha value is -1.85. The van der Waals surface area contributed by atoms with Gasteiger partial charge in [0.25, 0.3) is 0 Å². The van der Waals surface area contributed by atoms with Crippen molar-refractivity contribution in [2.45, 2.75) is 32.4 Å². The first-order valence-corrected chi connectivity index (χ1v) is 8.48. The van der Waals surface area contributed by atoms with Crippen LogP contribution in [0.2, 0.25) is 0 Å². The lowest BCUT2D eigenvalue weighted by atomic mass is 9.88. The highest BCUT2D eigenvalue weighted by Gasteiger charge is 2.29.